The van der Waals surface area contributed by atoms with Crippen LogP contribution in [0.5, 0.6) is 0 Å². The SMILES string of the molecule is CCNC(COC1CCCCCC1)C(C)(C)C. The first kappa shape index (κ1) is 15.0. The van der Waals surface area contributed by atoms with Gasteiger partial charge in [0.1, 0.15) is 0 Å². The summed E-state index contributed by atoms with van der Waals surface area (Å²) in [6.07, 6.45) is 8.55. The van der Waals surface area contributed by atoms with E-state index < -0.39 is 0 Å². The molecule has 0 amide bonds. The van der Waals surface area contributed by atoms with E-state index in [0.717, 1.165) is 13.2 Å². The summed E-state index contributed by atoms with van der Waals surface area (Å²) in [5, 5.41) is 3.55. The molecule has 2 heteroatoms. The lowest BCUT2D eigenvalue weighted by molar-refractivity contribution is 0.00989. The molecule has 0 aliphatic heterocycles. The van der Waals surface area contributed by atoms with Gasteiger partial charge in [0, 0.05) is 6.04 Å². The van der Waals surface area contributed by atoms with Gasteiger partial charge in [-0.2, -0.15) is 0 Å². The molecule has 17 heavy (non-hydrogen) atoms. The summed E-state index contributed by atoms with van der Waals surface area (Å²) in [4.78, 5) is 0. The minimum Gasteiger partial charge on any atom is -0.377 e. The minimum absolute atomic E-state index is 0.279. The number of rotatable bonds is 5. The zero-order valence-corrected chi connectivity index (χ0v) is 12.2. The largest absolute Gasteiger partial charge is 0.377 e. The van der Waals surface area contributed by atoms with Crippen molar-refractivity contribution in [3.63, 3.8) is 0 Å². The molecule has 0 bridgehead atoms. The highest BCUT2D eigenvalue weighted by molar-refractivity contribution is 4.80. The molecule has 1 saturated carbocycles. The lowest BCUT2D eigenvalue weighted by Gasteiger charge is -2.32. The van der Waals surface area contributed by atoms with E-state index in [4.69, 9.17) is 4.74 Å². The second-order valence-corrected chi connectivity index (χ2v) is 6.42. The van der Waals surface area contributed by atoms with Gasteiger partial charge in [-0.25, -0.2) is 0 Å². The summed E-state index contributed by atoms with van der Waals surface area (Å²) in [7, 11) is 0. The maximum absolute atomic E-state index is 6.14. The molecule has 102 valence electrons. The zero-order chi connectivity index (χ0) is 12.7. The second-order valence-electron chi connectivity index (χ2n) is 6.42. The molecule has 2 nitrogen and oxygen atoms in total. The van der Waals surface area contributed by atoms with E-state index in [0.29, 0.717) is 12.1 Å². The molecule has 0 radical (unpaired) electrons. The Morgan fingerprint density at radius 3 is 2.18 bits per heavy atom. The molecule has 1 rings (SSSR count). The van der Waals surface area contributed by atoms with Crippen molar-refractivity contribution in [2.45, 2.75) is 78.4 Å². The van der Waals surface area contributed by atoms with Crippen molar-refractivity contribution in [3.8, 4) is 0 Å². The molecule has 1 atom stereocenters. The van der Waals surface area contributed by atoms with Gasteiger partial charge in [-0.15, -0.1) is 0 Å². The summed E-state index contributed by atoms with van der Waals surface area (Å²) in [6.45, 7) is 10.9. The normalized spacial score (nSPS) is 21.2. The van der Waals surface area contributed by atoms with Gasteiger partial charge in [0.15, 0.2) is 0 Å². The van der Waals surface area contributed by atoms with E-state index in [1.54, 1.807) is 0 Å². The van der Waals surface area contributed by atoms with Crippen LogP contribution in [0.25, 0.3) is 0 Å². The van der Waals surface area contributed by atoms with E-state index in [1.165, 1.54) is 38.5 Å². The minimum atomic E-state index is 0.279. The predicted molar refractivity (Wildman–Crippen MR) is 74.4 cm³/mol. The third kappa shape index (κ3) is 5.87. The Bertz CT molecular complexity index is 190. The van der Waals surface area contributed by atoms with Gasteiger partial charge in [-0.3, -0.25) is 0 Å². The first-order valence-electron chi connectivity index (χ1n) is 7.39. The van der Waals surface area contributed by atoms with Crippen LogP contribution in [-0.2, 0) is 4.74 Å². The highest BCUT2D eigenvalue weighted by Crippen LogP contribution is 2.23. The van der Waals surface area contributed by atoms with Crippen molar-refractivity contribution in [1.82, 2.24) is 5.32 Å². The van der Waals surface area contributed by atoms with Crippen molar-refractivity contribution in [2.75, 3.05) is 13.2 Å². The van der Waals surface area contributed by atoms with Crippen LogP contribution in [-0.4, -0.2) is 25.3 Å². The van der Waals surface area contributed by atoms with Crippen LogP contribution in [0.4, 0.5) is 0 Å². The van der Waals surface area contributed by atoms with E-state index >= 15 is 0 Å². The fourth-order valence-electron chi connectivity index (χ4n) is 2.50. The molecule has 1 aliphatic rings. The van der Waals surface area contributed by atoms with E-state index in [-0.39, 0.29) is 5.41 Å². The Hall–Kier alpha value is -0.0800. The van der Waals surface area contributed by atoms with Crippen LogP contribution in [0.3, 0.4) is 0 Å². The predicted octanol–water partition coefficient (Wildman–Crippen LogP) is 3.75. The van der Waals surface area contributed by atoms with Crippen LogP contribution in [0, 0.1) is 5.41 Å². The van der Waals surface area contributed by atoms with E-state index in [2.05, 4.69) is 33.0 Å². The molecule has 0 aromatic carbocycles. The molecule has 1 N–H and O–H groups in total. The maximum Gasteiger partial charge on any atom is 0.0628 e. The molecular formula is C15H31NO. The lowest BCUT2D eigenvalue weighted by Crippen LogP contribution is -2.44. The summed E-state index contributed by atoms with van der Waals surface area (Å²) in [5.74, 6) is 0. The average Bonchev–Trinajstić information content (AvgIpc) is 2.51. The van der Waals surface area contributed by atoms with Crippen LogP contribution in [0.2, 0.25) is 0 Å². The summed E-state index contributed by atoms with van der Waals surface area (Å²) in [6, 6.07) is 0.468. The van der Waals surface area contributed by atoms with E-state index in [1.807, 2.05) is 0 Å². The Morgan fingerprint density at radius 2 is 1.71 bits per heavy atom. The van der Waals surface area contributed by atoms with Gasteiger partial charge in [0.2, 0.25) is 0 Å². The highest BCUT2D eigenvalue weighted by Gasteiger charge is 2.25. The van der Waals surface area contributed by atoms with Gasteiger partial charge in [0.25, 0.3) is 0 Å². The van der Waals surface area contributed by atoms with E-state index in [9.17, 15) is 0 Å². The van der Waals surface area contributed by atoms with Crippen molar-refractivity contribution in [3.05, 3.63) is 0 Å². The smallest absolute Gasteiger partial charge is 0.0628 e. The first-order valence-corrected chi connectivity index (χ1v) is 7.39. The standard InChI is InChI=1S/C15H31NO/c1-5-16-14(15(2,3)4)12-17-13-10-8-6-7-9-11-13/h13-14,16H,5-12H2,1-4H3. The molecular weight excluding hydrogens is 210 g/mol. The fraction of sp³-hybridized carbons (Fsp3) is 1.00. The van der Waals surface area contributed by atoms with Crippen molar-refractivity contribution in [2.24, 2.45) is 5.41 Å². The van der Waals surface area contributed by atoms with Crippen molar-refractivity contribution < 1.29 is 4.74 Å². The highest BCUT2D eigenvalue weighted by atomic mass is 16.5. The number of nitrogens with one attached hydrogen (secondary N) is 1. The van der Waals surface area contributed by atoms with Gasteiger partial charge < -0.3 is 10.1 Å². The molecule has 0 saturated heterocycles. The van der Waals surface area contributed by atoms with Crippen LogP contribution in [0.1, 0.15) is 66.2 Å². The van der Waals surface area contributed by atoms with Crippen LogP contribution >= 0.6 is 0 Å². The first-order chi connectivity index (χ1) is 8.04. The zero-order valence-electron chi connectivity index (χ0n) is 12.2. The second kappa shape index (κ2) is 7.38. The molecule has 0 aromatic heterocycles. The summed E-state index contributed by atoms with van der Waals surface area (Å²) < 4.78 is 6.14. The average molecular weight is 241 g/mol. The third-order valence-electron chi connectivity index (χ3n) is 3.80. The molecule has 1 fully saturated rings. The van der Waals surface area contributed by atoms with Gasteiger partial charge in [-0.1, -0.05) is 53.4 Å². The molecule has 1 aliphatic carbocycles. The Kier molecular flexibility index (Phi) is 6.50. The topological polar surface area (TPSA) is 21.3 Å². The van der Waals surface area contributed by atoms with Crippen molar-refractivity contribution in [1.29, 1.82) is 0 Å². The van der Waals surface area contributed by atoms with Gasteiger partial charge >= 0.3 is 0 Å². The molecule has 1 unspecified atom stereocenters. The summed E-state index contributed by atoms with van der Waals surface area (Å²) in [5.41, 5.74) is 0.279. The lowest BCUT2D eigenvalue weighted by atomic mass is 9.87. The Morgan fingerprint density at radius 1 is 1.12 bits per heavy atom. The maximum atomic E-state index is 6.14. The number of hydrogen-bond donors (Lipinski definition) is 1. The Labute approximate surface area is 108 Å². The fourth-order valence-corrected chi connectivity index (χ4v) is 2.50. The molecule has 0 spiro atoms. The molecule has 0 heterocycles. The van der Waals surface area contributed by atoms with Crippen molar-refractivity contribution >= 4 is 0 Å². The monoisotopic (exact) mass is 241 g/mol. The third-order valence-corrected chi connectivity index (χ3v) is 3.80. The van der Waals surface area contributed by atoms with Gasteiger partial charge in [-0.05, 0) is 24.8 Å². The molecule has 0 aromatic rings. The van der Waals surface area contributed by atoms with Crippen LogP contribution in [0.15, 0.2) is 0 Å². The van der Waals surface area contributed by atoms with Gasteiger partial charge in [0.05, 0.1) is 12.7 Å². The summed E-state index contributed by atoms with van der Waals surface area (Å²) >= 11 is 0. The number of likely N-dealkylation sites (N-methyl/N-ethyl adjacent to an activating group) is 1. The van der Waals surface area contributed by atoms with Crippen LogP contribution < -0.4 is 5.32 Å². The Balaban J connectivity index is 2.34. The number of hydrogen-bond acceptors (Lipinski definition) is 2. The number of ether oxygens (including phenoxy) is 1. The quantitative estimate of drug-likeness (QED) is 0.740.